The van der Waals surface area contributed by atoms with Gasteiger partial charge in [0.05, 0.1) is 17.6 Å². The molecule has 10 heteroatoms. The van der Waals surface area contributed by atoms with Gasteiger partial charge in [-0.15, -0.1) is 0 Å². The molecular weight excluding hydrogens is 483 g/mol. The lowest BCUT2D eigenvalue weighted by Gasteiger charge is -2.39. The van der Waals surface area contributed by atoms with Gasteiger partial charge in [-0.2, -0.15) is 5.26 Å². The van der Waals surface area contributed by atoms with Crippen LogP contribution in [0.25, 0.3) is 5.57 Å². The lowest BCUT2D eigenvalue weighted by molar-refractivity contribution is -0.0218. The minimum atomic E-state index is -0.480. The van der Waals surface area contributed by atoms with Crippen molar-refractivity contribution in [2.24, 2.45) is 10.9 Å². The summed E-state index contributed by atoms with van der Waals surface area (Å²) < 4.78 is 20.1. The largest absolute Gasteiger partial charge is 0.377 e. The summed E-state index contributed by atoms with van der Waals surface area (Å²) in [5, 5.41) is 13.6. The summed E-state index contributed by atoms with van der Waals surface area (Å²) >= 11 is 0. The molecule has 196 valence electrons. The van der Waals surface area contributed by atoms with Gasteiger partial charge in [-0.05, 0) is 50.3 Å². The topological polar surface area (TPSA) is 92.9 Å². The maximum Gasteiger partial charge on any atom is 0.229 e. The molecular formula is C28H31FN8O. The fourth-order valence-corrected chi connectivity index (χ4v) is 5.76. The van der Waals surface area contributed by atoms with Crippen LogP contribution in [0, 0.1) is 23.1 Å². The number of ether oxygens (including phenoxy) is 1. The minimum absolute atomic E-state index is 0.358. The normalized spacial score (nSPS) is 22.8. The van der Waals surface area contributed by atoms with E-state index in [2.05, 4.69) is 27.5 Å². The van der Waals surface area contributed by atoms with E-state index in [0.717, 1.165) is 48.6 Å². The predicted molar refractivity (Wildman–Crippen MR) is 140 cm³/mol. The second-order valence-corrected chi connectivity index (χ2v) is 10.1. The third-order valence-electron chi connectivity index (χ3n) is 7.91. The van der Waals surface area contributed by atoms with Crippen LogP contribution in [0.2, 0.25) is 0 Å². The minimum Gasteiger partial charge on any atom is -0.377 e. The van der Waals surface area contributed by atoms with Crippen LogP contribution in [0.5, 0.6) is 0 Å². The van der Waals surface area contributed by atoms with E-state index < -0.39 is 18.3 Å². The van der Waals surface area contributed by atoms with Crippen molar-refractivity contribution in [3.8, 4) is 6.07 Å². The lowest BCUT2D eigenvalue weighted by Crippen LogP contribution is -2.40. The Morgan fingerprint density at radius 2 is 2.05 bits per heavy atom. The Bertz CT molecular complexity index is 1390. The molecule has 2 bridgehead atoms. The van der Waals surface area contributed by atoms with Crippen LogP contribution >= 0.6 is 0 Å². The first kappa shape index (κ1) is 24.4. The summed E-state index contributed by atoms with van der Waals surface area (Å²) in [6, 6.07) is 7.80. The van der Waals surface area contributed by atoms with E-state index >= 15 is 0 Å². The molecule has 5 aliphatic rings. The zero-order chi connectivity index (χ0) is 26.4. The third-order valence-corrected chi connectivity index (χ3v) is 7.91. The molecule has 38 heavy (non-hydrogen) atoms. The van der Waals surface area contributed by atoms with E-state index in [1.165, 1.54) is 17.8 Å². The number of fused-ring (bicyclic) bond motifs is 3. The summed E-state index contributed by atoms with van der Waals surface area (Å²) in [5.74, 6) is 0.796. The molecule has 0 spiro atoms. The number of nitrogens with one attached hydrogen (secondary N) is 1. The van der Waals surface area contributed by atoms with Crippen molar-refractivity contribution in [1.82, 2.24) is 30.0 Å². The molecule has 0 amide bonds. The van der Waals surface area contributed by atoms with Gasteiger partial charge in [0.15, 0.2) is 5.84 Å². The number of aliphatic imine (C=N–C) groups is 1. The quantitative estimate of drug-likeness (QED) is 0.626. The molecule has 2 aromatic rings. The summed E-state index contributed by atoms with van der Waals surface area (Å²) in [6.07, 6.45) is 6.40. The standard InChI is InChI=1S/C28H31FN8O/c1-4-38-28-34-27-25(17(2)35(28)3)33-26(20-11-21(29)14-31-13-20)37(27)15-19-5-6-23(32-24(19)12-30)22-16-36-9-7-18(22)8-10-36/h5-6,11,13-14,16,18,26,28,33H,4,7-10,15H2,1-3H3. The van der Waals surface area contributed by atoms with Gasteiger partial charge in [-0.3, -0.25) is 4.98 Å². The highest BCUT2D eigenvalue weighted by molar-refractivity contribution is 6.01. The number of hydrogen-bond acceptors (Lipinski definition) is 9. The highest BCUT2D eigenvalue weighted by atomic mass is 19.1. The summed E-state index contributed by atoms with van der Waals surface area (Å²) in [5.41, 5.74) is 5.74. The van der Waals surface area contributed by atoms with Crippen molar-refractivity contribution < 1.29 is 9.13 Å². The Morgan fingerprint density at radius 1 is 1.24 bits per heavy atom. The van der Waals surface area contributed by atoms with Crippen LogP contribution in [0.4, 0.5) is 4.39 Å². The van der Waals surface area contributed by atoms with E-state index in [1.807, 2.05) is 42.8 Å². The molecule has 9 nitrogen and oxygen atoms in total. The molecule has 2 saturated heterocycles. The van der Waals surface area contributed by atoms with E-state index in [9.17, 15) is 9.65 Å². The molecule has 2 fully saturated rings. The van der Waals surface area contributed by atoms with Crippen molar-refractivity contribution >= 4 is 11.4 Å². The number of allylic oxidation sites excluding steroid dienone is 2. The van der Waals surface area contributed by atoms with E-state index in [-0.39, 0.29) is 0 Å². The van der Waals surface area contributed by atoms with Gasteiger partial charge in [-0.25, -0.2) is 14.4 Å². The second kappa shape index (κ2) is 9.72. The van der Waals surface area contributed by atoms with Crippen LogP contribution in [-0.2, 0) is 11.3 Å². The van der Waals surface area contributed by atoms with E-state index in [4.69, 9.17) is 14.7 Å². The number of halogens is 1. The fraction of sp³-hybridized carbons (Fsp3) is 0.429. The van der Waals surface area contributed by atoms with Crippen LogP contribution < -0.4 is 5.32 Å². The molecule has 0 saturated carbocycles. The Balaban J connectivity index is 1.38. The molecule has 2 unspecified atom stereocenters. The van der Waals surface area contributed by atoms with Gasteiger partial charge in [0.2, 0.25) is 6.35 Å². The highest BCUT2D eigenvalue weighted by Crippen LogP contribution is 2.38. The molecule has 0 aliphatic carbocycles. The molecule has 7 heterocycles. The first-order chi connectivity index (χ1) is 18.5. The van der Waals surface area contributed by atoms with Crippen LogP contribution in [0.15, 0.2) is 53.2 Å². The number of piperidine rings is 1. The van der Waals surface area contributed by atoms with Crippen molar-refractivity contribution in [3.05, 3.63) is 76.5 Å². The summed E-state index contributed by atoms with van der Waals surface area (Å²) in [4.78, 5) is 20.1. The Labute approximate surface area is 221 Å². The van der Waals surface area contributed by atoms with E-state index in [1.54, 1.807) is 6.20 Å². The van der Waals surface area contributed by atoms with Gasteiger partial charge in [-0.1, -0.05) is 6.07 Å². The highest BCUT2D eigenvalue weighted by Gasteiger charge is 2.40. The molecule has 7 rings (SSSR count). The van der Waals surface area contributed by atoms with E-state index in [0.29, 0.717) is 36.2 Å². The maximum atomic E-state index is 14.2. The molecule has 0 aromatic carbocycles. The average molecular weight is 515 g/mol. The predicted octanol–water partition coefficient (Wildman–Crippen LogP) is 3.55. The monoisotopic (exact) mass is 514 g/mol. The summed E-state index contributed by atoms with van der Waals surface area (Å²) in [6.45, 7) is 6.99. The SMILES string of the molecule is CCOC1N=C2C(=C(C)N1C)NC(c1cncc(F)c1)N2Cc1ccc(C2=CN3CCC2CC3)nc1C#N. The number of amidine groups is 1. The number of nitrogens with zero attached hydrogens (tertiary/aromatic N) is 7. The third kappa shape index (κ3) is 4.17. The van der Waals surface area contributed by atoms with Gasteiger partial charge in [0.25, 0.3) is 0 Å². The van der Waals surface area contributed by atoms with Crippen LogP contribution in [-0.4, -0.2) is 63.6 Å². The Hall–Kier alpha value is -3.97. The zero-order valence-corrected chi connectivity index (χ0v) is 21.9. The number of hydrogen-bond donors (Lipinski definition) is 1. The number of rotatable bonds is 6. The molecule has 1 N–H and O–H groups in total. The molecule has 2 atom stereocenters. The fourth-order valence-electron chi connectivity index (χ4n) is 5.76. The maximum absolute atomic E-state index is 14.2. The Morgan fingerprint density at radius 3 is 2.74 bits per heavy atom. The van der Waals surface area contributed by atoms with Crippen molar-refractivity contribution in [2.45, 2.75) is 45.8 Å². The molecule has 0 radical (unpaired) electrons. The smallest absolute Gasteiger partial charge is 0.229 e. The van der Waals surface area contributed by atoms with Crippen molar-refractivity contribution in [2.75, 3.05) is 26.7 Å². The first-order valence-electron chi connectivity index (χ1n) is 13.1. The number of pyridine rings is 2. The van der Waals surface area contributed by atoms with Crippen LogP contribution in [0.1, 0.15) is 55.4 Å². The van der Waals surface area contributed by atoms with Crippen LogP contribution in [0.3, 0.4) is 0 Å². The second-order valence-electron chi connectivity index (χ2n) is 10.1. The zero-order valence-electron chi connectivity index (χ0n) is 21.9. The number of aromatic nitrogens is 2. The average Bonchev–Trinajstić information content (AvgIpc) is 3.30. The van der Waals surface area contributed by atoms with Gasteiger partial charge < -0.3 is 24.8 Å². The van der Waals surface area contributed by atoms with Gasteiger partial charge in [0, 0.05) is 62.5 Å². The van der Waals surface area contributed by atoms with Crippen molar-refractivity contribution in [3.63, 3.8) is 0 Å². The molecule has 5 aliphatic heterocycles. The Kier molecular flexibility index (Phi) is 6.24. The van der Waals surface area contributed by atoms with Crippen molar-refractivity contribution in [1.29, 1.82) is 5.26 Å². The summed E-state index contributed by atoms with van der Waals surface area (Å²) in [7, 11) is 1.94. The van der Waals surface area contributed by atoms with Gasteiger partial charge >= 0.3 is 0 Å². The van der Waals surface area contributed by atoms with Gasteiger partial charge in [0.1, 0.15) is 23.7 Å². The molecule has 2 aromatic heterocycles. The lowest BCUT2D eigenvalue weighted by atomic mass is 9.84. The number of nitriles is 1. The first-order valence-corrected chi connectivity index (χ1v) is 13.1.